The van der Waals surface area contributed by atoms with Crippen LogP contribution in [0, 0.1) is 63.6 Å². The fourth-order valence-corrected chi connectivity index (χ4v) is 11.0. The lowest BCUT2D eigenvalue weighted by molar-refractivity contribution is -0.390. The van der Waals surface area contributed by atoms with Crippen LogP contribution in [0.5, 0.6) is 0 Å². The highest BCUT2D eigenvalue weighted by molar-refractivity contribution is 6.09. The van der Waals surface area contributed by atoms with Gasteiger partial charge in [0.2, 0.25) is 0 Å². The molecule has 4 fully saturated rings. The van der Waals surface area contributed by atoms with Gasteiger partial charge in [-0.25, -0.2) is 0 Å². The maximum atomic E-state index is 6.75. The Balaban J connectivity index is 1.72. The highest BCUT2D eigenvalue weighted by Crippen LogP contribution is 2.90. The van der Waals surface area contributed by atoms with E-state index >= 15 is 0 Å². The van der Waals surface area contributed by atoms with Crippen molar-refractivity contribution < 1.29 is 0 Å². The number of fused-ring (bicyclic) bond motifs is 1. The predicted octanol–water partition coefficient (Wildman–Crippen LogP) is 8.51. The normalized spacial score (nSPS) is 49.8. The Labute approximate surface area is 204 Å². The van der Waals surface area contributed by atoms with Crippen LogP contribution in [-0.4, -0.2) is 15.7 Å². The second-order valence-electron chi connectivity index (χ2n) is 13.6. The first-order valence-electron chi connectivity index (χ1n) is 14.6. The summed E-state index contributed by atoms with van der Waals surface area (Å²) in [5, 5.41) is 0. The standard InChI is InChI=1S/C30H52B2/c1-7-20(2)15-21(3)26-13-9-8-11-25(12-10-14-31)30-18-28(19-32)24(6)23(5)27(26)17-29(28,30)16-22(30)4/h20-27H,7-19H2,1-6H3. The smallest absolute Gasteiger partial charge is 0.0660 e. The molecule has 0 aromatic rings. The molecular weight excluding hydrogens is 382 g/mol. The second-order valence-corrected chi connectivity index (χ2v) is 13.6. The van der Waals surface area contributed by atoms with Gasteiger partial charge in [-0.1, -0.05) is 86.3 Å². The molecule has 4 aliphatic carbocycles. The van der Waals surface area contributed by atoms with Crippen molar-refractivity contribution in [2.75, 3.05) is 0 Å². The zero-order valence-corrected chi connectivity index (χ0v) is 22.5. The highest BCUT2D eigenvalue weighted by atomic mass is 14.9. The van der Waals surface area contributed by atoms with Crippen LogP contribution in [0.25, 0.3) is 0 Å². The molecule has 0 aliphatic heterocycles. The van der Waals surface area contributed by atoms with Crippen molar-refractivity contribution in [2.45, 2.75) is 125 Å². The average molecular weight is 434 g/mol. The van der Waals surface area contributed by atoms with Gasteiger partial charge in [0.15, 0.2) is 0 Å². The van der Waals surface area contributed by atoms with Crippen LogP contribution in [0.15, 0.2) is 0 Å². The molecule has 0 nitrogen and oxygen atoms in total. The first-order chi connectivity index (χ1) is 15.2. The van der Waals surface area contributed by atoms with E-state index in [2.05, 4.69) is 41.5 Å². The van der Waals surface area contributed by atoms with Crippen molar-refractivity contribution in [2.24, 2.45) is 63.6 Å². The molecule has 4 saturated carbocycles. The van der Waals surface area contributed by atoms with Crippen molar-refractivity contribution >= 4 is 15.7 Å². The zero-order chi connectivity index (χ0) is 23.3. The molecule has 2 bridgehead atoms. The van der Waals surface area contributed by atoms with Crippen molar-refractivity contribution in [3.8, 4) is 0 Å². The Morgan fingerprint density at radius 3 is 2.34 bits per heavy atom. The lowest BCUT2D eigenvalue weighted by Gasteiger charge is -2.88. The Kier molecular flexibility index (Phi) is 7.33. The van der Waals surface area contributed by atoms with Gasteiger partial charge in [-0.3, -0.25) is 0 Å². The number of hydrogen-bond donors (Lipinski definition) is 0. The van der Waals surface area contributed by atoms with Gasteiger partial charge in [-0.05, 0) is 102 Å². The van der Waals surface area contributed by atoms with E-state index in [9.17, 15) is 0 Å². The quantitative estimate of drug-likeness (QED) is 0.336. The predicted molar refractivity (Wildman–Crippen MR) is 141 cm³/mol. The Morgan fingerprint density at radius 1 is 1.00 bits per heavy atom. The molecule has 0 saturated heterocycles. The van der Waals surface area contributed by atoms with Crippen molar-refractivity contribution in [1.82, 2.24) is 0 Å². The molecule has 178 valence electrons. The van der Waals surface area contributed by atoms with Gasteiger partial charge in [0.05, 0.1) is 15.7 Å². The molecule has 32 heavy (non-hydrogen) atoms. The second kappa shape index (κ2) is 9.30. The van der Waals surface area contributed by atoms with Gasteiger partial charge in [-0.15, -0.1) is 0 Å². The molecule has 0 amide bonds. The molecule has 11 atom stereocenters. The van der Waals surface area contributed by atoms with E-state index in [1.54, 1.807) is 0 Å². The average Bonchev–Trinajstić information content (AvgIpc) is 2.77. The summed E-state index contributed by atoms with van der Waals surface area (Å²) in [6.45, 7) is 15.3. The third kappa shape index (κ3) is 3.29. The summed E-state index contributed by atoms with van der Waals surface area (Å²) in [4.78, 5) is 0. The molecule has 0 N–H and O–H groups in total. The summed E-state index contributed by atoms with van der Waals surface area (Å²) in [6, 6.07) is 0. The van der Waals surface area contributed by atoms with Gasteiger partial charge >= 0.3 is 0 Å². The van der Waals surface area contributed by atoms with E-state index in [0.29, 0.717) is 16.2 Å². The summed E-state index contributed by atoms with van der Waals surface area (Å²) in [5.74, 6) is 6.94. The summed E-state index contributed by atoms with van der Waals surface area (Å²) in [5.41, 5.74) is 1.53. The first kappa shape index (κ1) is 25.2. The molecule has 11 unspecified atom stereocenters. The molecule has 4 radical (unpaired) electrons. The SMILES string of the molecule is [B]CCCC1CCCCC(C(C)CC(C)CC)C2CC34CC(C)C13CC4(C[B])C(C)C2C. The van der Waals surface area contributed by atoms with E-state index < -0.39 is 0 Å². The Hall–Kier alpha value is 0.130. The van der Waals surface area contributed by atoms with E-state index in [1.165, 1.54) is 70.6 Å². The van der Waals surface area contributed by atoms with Crippen LogP contribution in [0.1, 0.15) is 112 Å². The highest BCUT2D eigenvalue weighted by Gasteiger charge is 2.83. The largest absolute Gasteiger partial charge is 0.0887 e. The lowest BCUT2D eigenvalue weighted by atomic mass is 9.16. The van der Waals surface area contributed by atoms with E-state index in [-0.39, 0.29) is 0 Å². The summed E-state index contributed by atoms with van der Waals surface area (Å²) >= 11 is 0. The molecule has 4 rings (SSSR count). The topological polar surface area (TPSA) is 0 Å². The van der Waals surface area contributed by atoms with Crippen LogP contribution in [0.4, 0.5) is 0 Å². The first-order valence-corrected chi connectivity index (χ1v) is 14.6. The van der Waals surface area contributed by atoms with Gasteiger partial charge in [0.1, 0.15) is 0 Å². The molecule has 0 aromatic heterocycles. The van der Waals surface area contributed by atoms with Gasteiger partial charge in [0.25, 0.3) is 0 Å². The van der Waals surface area contributed by atoms with Crippen LogP contribution >= 0.6 is 0 Å². The minimum Gasteiger partial charge on any atom is -0.0887 e. The summed E-state index contributed by atoms with van der Waals surface area (Å²) < 4.78 is 0. The minimum absolute atomic E-state index is 0.417. The Morgan fingerprint density at radius 2 is 1.72 bits per heavy atom. The van der Waals surface area contributed by atoms with Gasteiger partial charge in [-0.2, -0.15) is 0 Å². The van der Waals surface area contributed by atoms with E-state index in [0.717, 1.165) is 60.0 Å². The fourth-order valence-electron chi connectivity index (χ4n) is 11.0. The van der Waals surface area contributed by atoms with Crippen LogP contribution in [-0.2, 0) is 0 Å². The molecular formula is C30H52B2. The molecule has 1 spiro atoms. The molecule has 0 heterocycles. The van der Waals surface area contributed by atoms with E-state index in [1.807, 2.05) is 0 Å². The van der Waals surface area contributed by atoms with Crippen molar-refractivity contribution in [3.63, 3.8) is 0 Å². The summed E-state index contributed by atoms with van der Waals surface area (Å²) in [6.07, 6.45) is 17.3. The van der Waals surface area contributed by atoms with Crippen LogP contribution in [0.2, 0.25) is 12.6 Å². The third-order valence-electron chi connectivity index (χ3n) is 12.8. The fraction of sp³-hybridized carbons (Fsp3) is 1.00. The number of hydrogen-bond acceptors (Lipinski definition) is 0. The van der Waals surface area contributed by atoms with Crippen molar-refractivity contribution in [3.05, 3.63) is 0 Å². The van der Waals surface area contributed by atoms with Gasteiger partial charge in [0, 0.05) is 0 Å². The maximum absolute atomic E-state index is 6.75. The molecule has 2 heteroatoms. The van der Waals surface area contributed by atoms with E-state index in [4.69, 9.17) is 15.7 Å². The summed E-state index contributed by atoms with van der Waals surface area (Å²) in [7, 11) is 12.8. The maximum Gasteiger partial charge on any atom is 0.0660 e. The molecule has 4 aliphatic rings. The Bertz CT molecular complexity index is 647. The van der Waals surface area contributed by atoms with Crippen molar-refractivity contribution in [1.29, 1.82) is 0 Å². The third-order valence-corrected chi connectivity index (χ3v) is 12.8. The molecule has 0 aromatic carbocycles. The van der Waals surface area contributed by atoms with Crippen LogP contribution in [0.3, 0.4) is 0 Å². The van der Waals surface area contributed by atoms with Crippen LogP contribution < -0.4 is 0 Å². The monoisotopic (exact) mass is 434 g/mol. The minimum atomic E-state index is 0.417. The lowest BCUT2D eigenvalue weighted by Crippen LogP contribution is -2.81. The zero-order valence-electron chi connectivity index (χ0n) is 22.5. The number of rotatable bonds is 8. The van der Waals surface area contributed by atoms with Gasteiger partial charge < -0.3 is 0 Å².